The van der Waals surface area contributed by atoms with Crippen LogP contribution in [-0.4, -0.2) is 52.6 Å². The summed E-state index contributed by atoms with van der Waals surface area (Å²) >= 11 is 0. The first kappa shape index (κ1) is 21.5. The molecular formula is C14H20Br2N5O4+. The number of aromatic nitrogens is 2. The van der Waals surface area contributed by atoms with Crippen LogP contribution in [0.4, 0.5) is 5.69 Å². The Balaban J connectivity index is 0.00000156. The van der Waals surface area contributed by atoms with Crippen LogP contribution in [-0.2, 0) is 6.54 Å². The van der Waals surface area contributed by atoms with E-state index in [-0.39, 0.29) is 45.2 Å². The van der Waals surface area contributed by atoms with E-state index in [1.807, 2.05) is 0 Å². The number of nitro benzene ring substituents is 1. The third kappa shape index (κ3) is 4.54. The number of fused-ring (bicyclic) bond motifs is 1. The molecule has 3 rings (SSSR count). The first-order chi connectivity index (χ1) is 10.9. The summed E-state index contributed by atoms with van der Waals surface area (Å²) in [4.78, 5) is 38.7. The summed E-state index contributed by atoms with van der Waals surface area (Å²) in [5, 5.41) is 14.4. The van der Waals surface area contributed by atoms with Gasteiger partial charge in [0.1, 0.15) is 6.54 Å². The van der Waals surface area contributed by atoms with E-state index >= 15 is 0 Å². The van der Waals surface area contributed by atoms with Crippen LogP contribution in [0.2, 0.25) is 0 Å². The van der Waals surface area contributed by atoms with E-state index in [1.165, 1.54) is 12.1 Å². The largest absolute Gasteiger partial charge is 0.320 e. The van der Waals surface area contributed by atoms with Crippen molar-refractivity contribution in [3.8, 4) is 0 Å². The molecule has 0 aliphatic carbocycles. The molecule has 0 bridgehead atoms. The number of nitrogens with one attached hydrogen (secondary N) is 3. The maximum absolute atomic E-state index is 11.6. The highest BCUT2D eigenvalue weighted by molar-refractivity contribution is 8.93. The van der Waals surface area contributed by atoms with E-state index in [1.54, 1.807) is 0 Å². The first-order valence-corrected chi connectivity index (χ1v) is 7.36. The highest BCUT2D eigenvalue weighted by Gasteiger charge is 2.27. The number of nitro groups is 1. The molecule has 11 heteroatoms. The third-order valence-electron chi connectivity index (χ3n) is 4.32. The predicted octanol–water partition coefficient (Wildman–Crippen LogP) is 0.830. The van der Waals surface area contributed by atoms with Crippen molar-refractivity contribution < 1.29 is 9.41 Å². The normalized spacial score (nSPS) is 15.9. The van der Waals surface area contributed by atoms with Gasteiger partial charge in [-0.1, -0.05) is 0 Å². The molecule has 3 N–H and O–H groups in total. The Kier molecular flexibility index (Phi) is 7.06. The second kappa shape index (κ2) is 8.21. The molecule has 2 aromatic rings. The maximum atomic E-state index is 11.6. The lowest BCUT2D eigenvalue weighted by molar-refractivity contribution is -0.924. The number of piperazine rings is 1. The Morgan fingerprint density at radius 1 is 1.12 bits per heavy atom. The van der Waals surface area contributed by atoms with Gasteiger partial charge in [0.25, 0.3) is 5.69 Å². The Morgan fingerprint density at radius 2 is 1.72 bits per heavy atom. The highest BCUT2D eigenvalue weighted by atomic mass is 79.9. The molecule has 2 heterocycles. The van der Waals surface area contributed by atoms with Crippen LogP contribution in [0, 0.1) is 10.1 Å². The van der Waals surface area contributed by atoms with Crippen molar-refractivity contribution in [1.29, 1.82) is 0 Å². The van der Waals surface area contributed by atoms with Crippen LogP contribution < -0.4 is 16.4 Å². The fourth-order valence-electron chi connectivity index (χ4n) is 3.02. The van der Waals surface area contributed by atoms with Crippen molar-refractivity contribution in [3.05, 3.63) is 48.5 Å². The molecule has 25 heavy (non-hydrogen) atoms. The monoisotopic (exact) mass is 480 g/mol. The third-order valence-corrected chi connectivity index (χ3v) is 4.32. The molecule has 0 saturated carbocycles. The van der Waals surface area contributed by atoms with Crippen LogP contribution in [0.1, 0.15) is 5.56 Å². The highest BCUT2D eigenvalue weighted by Crippen LogP contribution is 2.24. The zero-order valence-electron chi connectivity index (χ0n) is 13.5. The van der Waals surface area contributed by atoms with E-state index in [0.717, 1.165) is 26.2 Å². The van der Waals surface area contributed by atoms with Crippen LogP contribution in [0.25, 0.3) is 11.0 Å². The van der Waals surface area contributed by atoms with Gasteiger partial charge in [-0.3, -0.25) is 19.7 Å². The minimum atomic E-state index is -0.813. The lowest BCUT2D eigenvalue weighted by Gasteiger charge is -2.38. The SMILES string of the molecule is Br.Br.C[N+]1(Cc2cc([N+](=O)[O-])cc3[nH]c(=O)c(=O)[nH]c23)CCNCC1. The number of halogens is 2. The number of rotatable bonds is 3. The van der Waals surface area contributed by atoms with Crippen molar-refractivity contribution >= 4 is 50.7 Å². The van der Waals surface area contributed by atoms with Crippen molar-refractivity contribution in [2.45, 2.75) is 6.54 Å². The van der Waals surface area contributed by atoms with E-state index in [9.17, 15) is 19.7 Å². The summed E-state index contributed by atoms with van der Waals surface area (Å²) in [5.74, 6) is 0. The van der Waals surface area contributed by atoms with Gasteiger partial charge in [-0.25, -0.2) is 0 Å². The quantitative estimate of drug-likeness (QED) is 0.259. The number of hydrogen-bond acceptors (Lipinski definition) is 5. The van der Waals surface area contributed by atoms with Gasteiger partial charge < -0.3 is 19.8 Å². The van der Waals surface area contributed by atoms with E-state index in [4.69, 9.17) is 0 Å². The van der Waals surface area contributed by atoms with Gasteiger partial charge in [0, 0.05) is 30.8 Å². The predicted molar refractivity (Wildman–Crippen MR) is 105 cm³/mol. The summed E-state index contributed by atoms with van der Waals surface area (Å²) in [6.07, 6.45) is 0. The second-order valence-electron chi connectivity index (χ2n) is 6.17. The Bertz CT molecular complexity index is 889. The van der Waals surface area contributed by atoms with Gasteiger partial charge in [-0.2, -0.15) is 0 Å². The molecule has 0 spiro atoms. The molecule has 1 fully saturated rings. The number of non-ortho nitro benzene ring substituents is 1. The minimum Gasteiger partial charge on any atom is -0.320 e. The summed E-state index contributed by atoms with van der Waals surface area (Å²) < 4.78 is 0.713. The Labute approximate surface area is 163 Å². The minimum absolute atomic E-state index is 0. The zero-order valence-corrected chi connectivity index (χ0v) is 17.0. The number of likely N-dealkylation sites (N-methyl/N-ethyl adjacent to an activating group) is 1. The summed E-state index contributed by atoms with van der Waals surface area (Å²) in [7, 11) is 2.08. The van der Waals surface area contributed by atoms with E-state index in [2.05, 4.69) is 22.3 Å². The molecule has 1 aliphatic rings. The molecule has 0 unspecified atom stereocenters. The number of H-pyrrole nitrogens is 2. The Hall–Kier alpha value is -1.56. The molecule has 1 aliphatic heterocycles. The van der Waals surface area contributed by atoms with Crippen molar-refractivity contribution in [2.75, 3.05) is 33.2 Å². The van der Waals surface area contributed by atoms with Gasteiger partial charge in [0.15, 0.2) is 0 Å². The van der Waals surface area contributed by atoms with Crippen molar-refractivity contribution in [3.63, 3.8) is 0 Å². The number of hydrogen-bond donors (Lipinski definition) is 3. The number of nitrogens with zero attached hydrogens (tertiary/aromatic N) is 2. The average molecular weight is 482 g/mol. The molecule has 1 aromatic heterocycles. The van der Waals surface area contributed by atoms with Gasteiger partial charge in [0.2, 0.25) is 0 Å². The van der Waals surface area contributed by atoms with Gasteiger partial charge in [0.05, 0.1) is 36.1 Å². The average Bonchev–Trinajstić information content (AvgIpc) is 2.49. The van der Waals surface area contributed by atoms with Crippen molar-refractivity contribution in [2.24, 2.45) is 0 Å². The topological polar surface area (TPSA) is 121 Å². The van der Waals surface area contributed by atoms with Crippen LogP contribution in [0.3, 0.4) is 0 Å². The maximum Gasteiger partial charge on any atom is 0.314 e. The molecule has 0 amide bonds. The first-order valence-electron chi connectivity index (χ1n) is 7.36. The van der Waals surface area contributed by atoms with Gasteiger partial charge in [-0.15, -0.1) is 34.0 Å². The molecule has 1 saturated heterocycles. The van der Waals surface area contributed by atoms with Crippen LogP contribution in [0.15, 0.2) is 21.7 Å². The van der Waals surface area contributed by atoms with Gasteiger partial charge in [-0.05, 0) is 0 Å². The summed E-state index contributed by atoms with van der Waals surface area (Å²) in [6, 6.07) is 2.75. The van der Waals surface area contributed by atoms with Crippen LogP contribution >= 0.6 is 34.0 Å². The smallest absolute Gasteiger partial charge is 0.314 e. The fourth-order valence-corrected chi connectivity index (χ4v) is 3.02. The van der Waals surface area contributed by atoms with E-state index in [0.29, 0.717) is 22.1 Å². The molecule has 0 atom stereocenters. The zero-order chi connectivity index (χ0) is 16.6. The Morgan fingerprint density at radius 3 is 2.32 bits per heavy atom. The van der Waals surface area contributed by atoms with Gasteiger partial charge >= 0.3 is 11.1 Å². The second-order valence-corrected chi connectivity index (χ2v) is 6.17. The summed E-state index contributed by atoms with van der Waals surface area (Å²) in [5.41, 5.74) is -0.274. The number of benzene rings is 1. The molecule has 138 valence electrons. The summed E-state index contributed by atoms with van der Waals surface area (Å²) in [6.45, 7) is 4.06. The molecule has 9 nitrogen and oxygen atoms in total. The standard InChI is InChI=1S/C14H17N5O4.2BrH/c1-19(4-2-15-3-5-19)8-9-6-10(18(22)23)7-11-12(9)17-14(21)13(20)16-11;;/h6-7,15H,2-5,8H2,1H3,(H-,16,17,20,21);2*1H/p+1. The number of quaternary nitrogens is 1. The molecular weight excluding hydrogens is 462 g/mol. The lowest BCUT2D eigenvalue weighted by atomic mass is 10.1. The van der Waals surface area contributed by atoms with Crippen LogP contribution in [0.5, 0.6) is 0 Å². The van der Waals surface area contributed by atoms with Crippen molar-refractivity contribution in [1.82, 2.24) is 15.3 Å². The fraction of sp³-hybridized carbons (Fsp3) is 0.429. The number of aromatic amines is 2. The lowest BCUT2D eigenvalue weighted by Crippen LogP contribution is -2.55. The molecule has 1 aromatic carbocycles. The molecule has 0 radical (unpaired) electrons. The van der Waals surface area contributed by atoms with E-state index < -0.39 is 16.0 Å².